The Hall–Kier alpha value is -5.86. The summed E-state index contributed by atoms with van der Waals surface area (Å²) >= 11 is 0. The maximum atomic E-state index is 5.31. The van der Waals surface area contributed by atoms with E-state index in [1.807, 2.05) is 0 Å². The summed E-state index contributed by atoms with van der Waals surface area (Å²) in [5, 5.41) is 4.32. The predicted molar refractivity (Wildman–Crippen MR) is 179 cm³/mol. The zero-order valence-electron chi connectivity index (χ0n) is 23.9. The molecule has 2 heterocycles. The summed E-state index contributed by atoms with van der Waals surface area (Å²) in [6, 6.07) is 56.1. The van der Waals surface area contributed by atoms with Crippen LogP contribution in [0.25, 0.3) is 55.6 Å². The molecule has 0 unspecified atom stereocenters. The highest BCUT2D eigenvalue weighted by Crippen LogP contribution is 2.54. The van der Waals surface area contributed by atoms with Gasteiger partial charge in [-0.15, -0.1) is 0 Å². The van der Waals surface area contributed by atoms with Crippen LogP contribution in [0.15, 0.2) is 168 Å². The summed E-state index contributed by atoms with van der Waals surface area (Å²) in [4.78, 5) is 10.5. The molecule has 2 aliphatic heterocycles. The van der Waals surface area contributed by atoms with Crippen LogP contribution in [0.4, 0.5) is 11.4 Å². The number of benzene rings is 7. The highest BCUT2D eigenvalue weighted by molar-refractivity contribution is 6.10. The van der Waals surface area contributed by atoms with Crippen LogP contribution in [-0.2, 0) is 0 Å². The molecule has 0 fully saturated rings. The van der Waals surface area contributed by atoms with Crippen molar-refractivity contribution >= 4 is 11.4 Å². The Kier molecular flexibility index (Phi) is 5.54. The van der Waals surface area contributed by atoms with Gasteiger partial charge in [-0.1, -0.05) is 133 Å². The Bertz CT molecular complexity index is 2470. The lowest BCUT2D eigenvalue weighted by atomic mass is 9.80. The number of hydrogen-bond acceptors (Lipinski definition) is 2. The molecule has 44 heavy (non-hydrogen) atoms. The largest absolute Gasteiger partial charge is 0.248 e. The van der Waals surface area contributed by atoms with Crippen molar-refractivity contribution in [3.05, 3.63) is 179 Å². The first-order chi connectivity index (χ1) is 21.8. The molecule has 0 saturated heterocycles. The van der Waals surface area contributed by atoms with Gasteiger partial charge in [-0.2, -0.15) is 0 Å². The third-order valence-electron chi connectivity index (χ3n) is 8.81. The van der Waals surface area contributed by atoms with Crippen LogP contribution < -0.4 is 10.7 Å². The molecule has 0 radical (unpaired) electrons. The van der Waals surface area contributed by atoms with E-state index in [0.29, 0.717) is 0 Å². The van der Waals surface area contributed by atoms with E-state index in [2.05, 4.69) is 158 Å². The molecular formula is C42H26N2. The van der Waals surface area contributed by atoms with Crippen molar-refractivity contribution in [2.75, 3.05) is 0 Å². The summed E-state index contributed by atoms with van der Waals surface area (Å²) in [6.07, 6.45) is 0. The second-order valence-electron chi connectivity index (χ2n) is 11.3. The maximum Gasteiger partial charge on any atom is 0.0817 e. The normalized spacial score (nSPS) is 12.0. The minimum Gasteiger partial charge on any atom is -0.248 e. The SMILES string of the molecule is c1ccc(-c2ccccc2-c2c3c(cc(-c4ccccc4)c2-c2ccccc2)N=c2ccc4c(c2-3)N=c2ccccc2=4)cc1. The fourth-order valence-electron chi connectivity index (χ4n) is 6.90. The van der Waals surface area contributed by atoms with E-state index in [-0.39, 0.29) is 0 Å². The highest BCUT2D eigenvalue weighted by Gasteiger charge is 2.30. The van der Waals surface area contributed by atoms with E-state index in [1.165, 1.54) is 49.7 Å². The Morgan fingerprint density at radius 2 is 0.909 bits per heavy atom. The first kappa shape index (κ1) is 24.7. The van der Waals surface area contributed by atoms with Crippen molar-refractivity contribution in [3.8, 4) is 55.6 Å². The Morgan fingerprint density at radius 3 is 1.64 bits per heavy atom. The summed E-state index contributed by atoms with van der Waals surface area (Å²) in [5.74, 6) is 0. The quantitative estimate of drug-likeness (QED) is 0.205. The number of hydrogen-bond donors (Lipinski definition) is 0. The van der Waals surface area contributed by atoms with Crippen molar-refractivity contribution in [1.82, 2.24) is 0 Å². The molecule has 0 atom stereocenters. The second kappa shape index (κ2) is 9.86. The lowest BCUT2D eigenvalue weighted by Crippen LogP contribution is -2.02. The molecule has 0 bridgehead atoms. The molecule has 204 valence electrons. The van der Waals surface area contributed by atoms with Crippen molar-refractivity contribution in [3.63, 3.8) is 0 Å². The standard InChI is InChI=1S/C42H26N2/c1-4-14-27(15-5-1)30-20-10-11-22-32(30)39-38(29-18-8-3-9-19-29)34(28-16-6-2-7-17-28)26-37-40(39)41-36(43-37)25-24-33-31-21-12-13-23-35(31)44-42(33)41/h1-26H. The van der Waals surface area contributed by atoms with Gasteiger partial charge in [0.1, 0.15) is 0 Å². The van der Waals surface area contributed by atoms with Gasteiger partial charge in [0, 0.05) is 27.1 Å². The lowest BCUT2D eigenvalue weighted by molar-refractivity contribution is 1.36. The average molecular weight is 559 g/mol. The fraction of sp³-hybridized carbons (Fsp3) is 0. The van der Waals surface area contributed by atoms with Crippen molar-refractivity contribution in [2.45, 2.75) is 0 Å². The van der Waals surface area contributed by atoms with Gasteiger partial charge in [0.25, 0.3) is 0 Å². The molecule has 0 saturated carbocycles. The lowest BCUT2D eigenvalue weighted by Gasteiger charge is -2.23. The smallest absolute Gasteiger partial charge is 0.0817 e. The van der Waals surface area contributed by atoms with Gasteiger partial charge in [-0.25, -0.2) is 9.98 Å². The van der Waals surface area contributed by atoms with Gasteiger partial charge in [-0.05, 0) is 63.2 Å². The van der Waals surface area contributed by atoms with Crippen molar-refractivity contribution in [1.29, 1.82) is 0 Å². The molecule has 2 aliphatic rings. The van der Waals surface area contributed by atoms with Crippen LogP contribution in [-0.4, -0.2) is 0 Å². The van der Waals surface area contributed by atoms with Crippen LogP contribution in [0, 0.1) is 10.4 Å². The maximum absolute atomic E-state index is 5.31. The Balaban J connectivity index is 1.48. The molecule has 7 aromatic carbocycles. The zero-order chi connectivity index (χ0) is 29.0. The van der Waals surface area contributed by atoms with E-state index >= 15 is 0 Å². The first-order valence-electron chi connectivity index (χ1n) is 15.0. The van der Waals surface area contributed by atoms with Crippen molar-refractivity contribution in [2.24, 2.45) is 9.98 Å². The molecule has 0 aromatic heterocycles. The molecule has 0 N–H and O–H groups in total. The molecule has 2 nitrogen and oxygen atoms in total. The van der Waals surface area contributed by atoms with E-state index in [1.54, 1.807) is 0 Å². The van der Waals surface area contributed by atoms with E-state index in [9.17, 15) is 0 Å². The third kappa shape index (κ3) is 3.75. The third-order valence-corrected chi connectivity index (χ3v) is 8.81. The topological polar surface area (TPSA) is 24.7 Å². The molecule has 0 amide bonds. The van der Waals surface area contributed by atoms with E-state index < -0.39 is 0 Å². The number of para-hydroxylation sites is 1. The molecule has 0 spiro atoms. The number of fused-ring (bicyclic) bond motifs is 6. The number of rotatable bonds is 4. The molecular weight excluding hydrogens is 532 g/mol. The molecule has 0 aliphatic carbocycles. The van der Waals surface area contributed by atoms with Gasteiger partial charge >= 0.3 is 0 Å². The van der Waals surface area contributed by atoms with Gasteiger partial charge in [-0.3, -0.25) is 0 Å². The van der Waals surface area contributed by atoms with E-state index in [0.717, 1.165) is 38.4 Å². The van der Waals surface area contributed by atoms with Crippen LogP contribution >= 0.6 is 0 Å². The summed E-state index contributed by atoms with van der Waals surface area (Å²) < 4.78 is 0. The van der Waals surface area contributed by atoms with E-state index in [4.69, 9.17) is 9.98 Å². The molecule has 7 aromatic rings. The summed E-state index contributed by atoms with van der Waals surface area (Å²) in [5.41, 5.74) is 13.7. The van der Waals surface area contributed by atoms with Gasteiger partial charge in [0.05, 0.1) is 22.1 Å². The second-order valence-corrected chi connectivity index (χ2v) is 11.3. The fourth-order valence-corrected chi connectivity index (χ4v) is 6.90. The van der Waals surface area contributed by atoms with Crippen LogP contribution in [0.5, 0.6) is 0 Å². The minimum absolute atomic E-state index is 0.970. The van der Waals surface area contributed by atoms with Crippen LogP contribution in [0.2, 0.25) is 0 Å². The first-order valence-corrected chi connectivity index (χ1v) is 15.0. The Morgan fingerprint density at radius 1 is 0.318 bits per heavy atom. The molecule has 2 heteroatoms. The zero-order valence-corrected chi connectivity index (χ0v) is 23.9. The Labute approximate surface area is 255 Å². The van der Waals surface area contributed by atoms with Gasteiger partial charge < -0.3 is 0 Å². The van der Waals surface area contributed by atoms with Gasteiger partial charge in [0.2, 0.25) is 0 Å². The average Bonchev–Trinajstić information content (AvgIpc) is 3.67. The highest BCUT2D eigenvalue weighted by atomic mass is 14.8. The number of nitrogens with zero attached hydrogens (tertiary/aromatic N) is 2. The summed E-state index contributed by atoms with van der Waals surface area (Å²) in [7, 11) is 0. The van der Waals surface area contributed by atoms with Crippen LogP contribution in [0.1, 0.15) is 0 Å². The minimum atomic E-state index is 0.970. The monoisotopic (exact) mass is 558 g/mol. The van der Waals surface area contributed by atoms with Crippen LogP contribution in [0.3, 0.4) is 0 Å². The predicted octanol–water partition coefficient (Wildman–Crippen LogP) is 9.84. The van der Waals surface area contributed by atoms with Crippen molar-refractivity contribution < 1.29 is 0 Å². The summed E-state index contributed by atoms with van der Waals surface area (Å²) in [6.45, 7) is 0. The van der Waals surface area contributed by atoms with Gasteiger partial charge in [0.15, 0.2) is 0 Å². The molecule has 9 rings (SSSR count).